The van der Waals surface area contributed by atoms with Crippen molar-refractivity contribution in [3.63, 3.8) is 0 Å². The molecular weight excluding hydrogens is 238 g/mol. The van der Waals surface area contributed by atoms with Gasteiger partial charge in [0.2, 0.25) is 5.91 Å². The summed E-state index contributed by atoms with van der Waals surface area (Å²) >= 11 is 0. The van der Waals surface area contributed by atoms with Crippen molar-refractivity contribution in [2.24, 2.45) is 5.92 Å². The van der Waals surface area contributed by atoms with Gasteiger partial charge in [-0.25, -0.2) is 0 Å². The Balaban J connectivity index is 1.95. The van der Waals surface area contributed by atoms with Crippen molar-refractivity contribution in [2.75, 3.05) is 20.2 Å². The predicted molar refractivity (Wildman–Crippen MR) is 77.0 cm³/mol. The van der Waals surface area contributed by atoms with Gasteiger partial charge in [0.15, 0.2) is 0 Å². The minimum Gasteiger partial charge on any atom is -0.497 e. The highest BCUT2D eigenvalue weighted by Gasteiger charge is 2.18. The summed E-state index contributed by atoms with van der Waals surface area (Å²) < 4.78 is 5.16. The molecule has 1 aromatic carbocycles. The smallest absolute Gasteiger partial charge is 0.246 e. The average Bonchev–Trinajstić information content (AvgIpc) is 2.46. The molecule has 0 radical (unpaired) electrons. The van der Waals surface area contributed by atoms with Crippen LogP contribution in [0.4, 0.5) is 0 Å². The van der Waals surface area contributed by atoms with Gasteiger partial charge in [-0.1, -0.05) is 19.1 Å². The molecule has 0 unspecified atom stereocenters. The second-order valence-electron chi connectivity index (χ2n) is 5.12. The Morgan fingerprint density at radius 2 is 2.11 bits per heavy atom. The van der Waals surface area contributed by atoms with E-state index >= 15 is 0 Å². The Morgan fingerprint density at radius 1 is 1.37 bits per heavy atom. The monoisotopic (exact) mass is 259 g/mol. The van der Waals surface area contributed by atoms with Gasteiger partial charge in [0.25, 0.3) is 0 Å². The summed E-state index contributed by atoms with van der Waals surface area (Å²) in [5, 5.41) is 0. The largest absolute Gasteiger partial charge is 0.497 e. The molecule has 1 heterocycles. The molecule has 0 spiro atoms. The van der Waals surface area contributed by atoms with Gasteiger partial charge in [0.1, 0.15) is 5.75 Å². The van der Waals surface area contributed by atoms with E-state index in [4.69, 9.17) is 4.74 Å². The van der Waals surface area contributed by atoms with Crippen molar-refractivity contribution in [1.82, 2.24) is 4.90 Å². The fourth-order valence-electron chi connectivity index (χ4n) is 2.25. The Labute approximate surface area is 114 Å². The number of nitrogens with zero attached hydrogens (tertiary/aromatic N) is 1. The molecule has 0 atom stereocenters. The number of carbonyl (C=O) groups is 1. The molecule has 2 rings (SSSR count). The zero-order chi connectivity index (χ0) is 13.7. The van der Waals surface area contributed by atoms with Gasteiger partial charge in [-0.05, 0) is 42.5 Å². The number of hydrogen-bond acceptors (Lipinski definition) is 2. The third kappa shape index (κ3) is 3.85. The number of piperidine rings is 1. The lowest BCUT2D eigenvalue weighted by atomic mass is 9.99. The number of carbonyl (C=O) groups excluding carboxylic acids is 1. The molecule has 3 nitrogen and oxygen atoms in total. The van der Waals surface area contributed by atoms with Gasteiger partial charge < -0.3 is 9.64 Å². The molecule has 0 bridgehead atoms. The van der Waals surface area contributed by atoms with Crippen LogP contribution in [0.3, 0.4) is 0 Å². The Morgan fingerprint density at radius 3 is 2.79 bits per heavy atom. The number of ether oxygens (including phenoxy) is 1. The lowest BCUT2D eigenvalue weighted by Crippen LogP contribution is -2.36. The first-order valence-electron chi connectivity index (χ1n) is 6.80. The second-order valence-corrected chi connectivity index (χ2v) is 5.12. The van der Waals surface area contributed by atoms with Gasteiger partial charge >= 0.3 is 0 Å². The van der Waals surface area contributed by atoms with E-state index in [0.29, 0.717) is 0 Å². The number of amides is 1. The summed E-state index contributed by atoms with van der Waals surface area (Å²) in [6.45, 7) is 4.00. The van der Waals surface area contributed by atoms with Crippen LogP contribution in [-0.2, 0) is 4.79 Å². The zero-order valence-electron chi connectivity index (χ0n) is 11.6. The Kier molecular flexibility index (Phi) is 4.61. The molecule has 1 amide bonds. The van der Waals surface area contributed by atoms with Crippen molar-refractivity contribution in [3.8, 4) is 5.75 Å². The lowest BCUT2D eigenvalue weighted by molar-refractivity contribution is -0.127. The normalized spacial score (nSPS) is 16.8. The minimum atomic E-state index is 0.106. The zero-order valence-corrected chi connectivity index (χ0v) is 11.6. The standard InChI is InChI=1S/C16H21NO2/c1-13-8-10-17(11-9-13)16(18)7-6-14-4-3-5-15(12-14)19-2/h3-7,12-13H,8-11H2,1-2H3/b7-6+. The van der Waals surface area contributed by atoms with E-state index < -0.39 is 0 Å². The maximum Gasteiger partial charge on any atom is 0.246 e. The SMILES string of the molecule is COc1cccc(/C=C/C(=O)N2CCC(C)CC2)c1. The highest BCUT2D eigenvalue weighted by molar-refractivity contribution is 5.91. The highest BCUT2D eigenvalue weighted by Crippen LogP contribution is 2.17. The van der Waals surface area contributed by atoms with E-state index in [-0.39, 0.29) is 5.91 Å². The van der Waals surface area contributed by atoms with Gasteiger partial charge in [0.05, 0.1) is 7.11 Å². The Bertz CT molecular complexity index is 460. The van der Waals surface area contributed by atoms with Crippen molar-refractivity contribution in [1.29, 1.82) is 0 Å². The van der Waals surface area contributed by atoms with E-state index in [9.17, 15) is 4.79 Å². The van der Waals surface area contributed by atoms with Gasteiger partial charge in [0, 0.05) is 19.2 Å². The number of methoxy groups -OCH3 is 1. The van der Waals surface area contributed by atoms with E-state index in [1.165, 1.54) is 0 Å². The first kappa shape index (κ1) is 13.7. The van der Waals surface area contributed by atoms with Crippen LogP contribution in [0, 0.1) is 5.92 Å². The van der Waals surface area contributed by atoms with Crippen LogP contribution in [0.5, 0.6) is 5.75 Å². The maximum absolute atomic E-state index is 12.0. The molecule has 1 aliphatic heterocycles. The molecule has 0 aromatic heterocycles. The molecular formula is C16H21NO2. The molecule has 3 heteroatoms. The quantitative estimate of drug-likeness (QED) is 0.781. The summed E-state index contributed by atoms with van der Waals surface area (Å²) in [6, 6.07) is 7.70. The van der Waals surface area contributed by atoms with Crippen LogP contribution in [0.15, 0.2) is 30.3 Å². The molecule has 0 N–H and O–H groups in total. The topological polar surface area (TPSA) is 29.5 Å². The number of benzene rings is 1. The van der Waals surface area contributed by atoms with Crippen molar-refractivity contribution in [3.05, 3.63) is 35.9 Å². The molecule has 1 saturated heterocycles. The molecule has 1 fully saturated rings. The van der Waals surface area contributed by atoms with Gasteiger partial charge in [-0.3, -0.25) is 4.79 Å². The average molecular weight is 259 g/mol. The summed E-state index contributed by atoms with van der Waals surface area (Å²) in [5.41, 5.74) is 0.984. The maximum atomic E-state index is 12.0. The third-order valence-corrected chi connectivity index (χ3v) is 3.61. The number of likely N-dealkylation sites (tertiary alicyclic amines) is 1. The van der Waals surface area contributed by atoms with E-state index in [0.717, 1.165) is 43.2 Å². The molecule has 0 saturated carbocycles. The van der Waals surface area contributed by atoms with Gasteiger partial charge in [-0.15, -0.1) is 0 Å². The van der Waals surface area contributed by atoms with E-state index in [1.54, 1.807) is 13.2 Å². The van der Waals surface area contributed by atoms with Crippen LogP contribution in [0.1, 0.15) is 25.3 Å². The number of hydrogen-bond donors (Lipinski definition) is 0. The first-order valence-corrected chi connectivity index (χ1v) is 6.80. The van der Waals surface area contributed by atoms with Crippen LogP contribution < -0.4 is 4.74 Å². The van der Waals surface area contributed by atoms with Crippen molar-refractivity contribution in [2.45, 2.75) is 19.8 Å². The fourth-order valence-corrected chi connectivity index (χ4v) is 2.25. The summed E-state index contributed by atoms with van der Waals surface area (Å²) in [6.07, 6.45) is 5.73. The summed E-state index contributed by atoms with van der Waals surface area (Å²) in [4.78, 5) is 14.0. The predicted octanol–water partition coefficient (Wildman–Crippen LogP) is 2.97. The molecule has 1 aliphatic rings. The lowest BCUT2D eigenvalue weighted by Gasteiger charge is -2.29. The van der Waals surface area contributed by atoms with Crippen LogP contribution >= 0.6 is 0 Å². The number of rotatable bonds is 3. The Hall–Kier alpha value is -1.77. The second kappa shape index (κ2) is 6.41. The van der Waals surface area contributed by atoms with Crippen LogP contribution in [0.25, 0.3) is 6.08 Å². The third-order valence-electron chi connectivity index (χ3n) is 3.61. The van der Waals surface area contributed by atoms with Crippen molar-refractivity contribution < 1.29 is 9.53 Å². The van der Waals surface area contributed by atoms with Gasteiger partial charge in [-0.2, -0.15) is 0 Å². The van der Waals surface area contributed by atoms with E-state index in [1.807, 2.05) is 35.2 Å². The van der Waals surface area contributed by atoms with Crippen LogP contribution in [0.2, 0.25) is 0 Å². The first-order chi connectivity index (χ1) is 9.19. The highest BCUT2D eigenvalue weighted by atomic mass is 16.5. The summed E-state index contributed by atoms with van der Waals surface area (Å²) in [5.74, 6) is 1.66. The summed E-state index contributed by atoms with van der Waals surface area (Å²) in [7, 11) is 1.64. The van der Waals surface area contributed by atoms with E-state index in [2.05, 4.69) is 6.92 Å². The molecule has 0 aliphatic carbocycles. The van der Waals surface area contributed by atoms with Crippen LogP contribution in [-0.4, -0.2) is 31.0 Å². The molecule has 1 aromatic rings. The van der Waals surface area contributed by atoms with Crippen molar-refractivity contribution >= 4 is 12.0 Å². The molecule has 19 heavy (non-hydrogen) atoms. The minimum absolute atomic E-state index is 0.106. The molecule has 102 valence electrons. The fraction of sp³-hybridized carbons (Fsp3) is 0.438.